The van der Waals surface area contributed by atoms with Crippen molar-refractivity contribution in [1.29, 1.82) is 0 Å². The highest BCUT2D eigenvalue weighted by atomic mass is 35.5. The van der Waals surface area contributed by atoms with Crippen molar-refractivity contribution in [2.75, 3.05) is 6.26 Å². The smallest absolute Gasteiger partial charge is 0.247 e. The molecule has 1 atom stereocenters. The van der Waals surface area contributed by atoms with Gasteiger partial charge in [0.15, 0.2) is 0 Å². The molecule has 0 radical (unpaired) electrons. The van der Waals surface area contributed by atoms with Crippen LogP contribution < -0.4 is 0 Å². The van der Waals surface area contributed by atoms with Crippen molar-refractivity contribution in [1.82, 2.24) is 9.40 Å². The Hall–Kier alpha value is -2.38. The molecule has 2 aromatic heterocycles. The number of para-hydroxylation sites is 1. The molecule has 0 N–H and O–H groups in total. The Morgan fingerprint density at radius 2 is 2.08 bits per heavy atom. The van der Waals surface area contributed by atoms with Gasteiger partial charge in [0.1, 0.15) is 16.6 Å². The summed E-state index contributed by atoms with van der Waals surface area (Å²) in [6.45, 7) is 1.96. The summed E-state index contributed by atoms with van der Waals surface area (Å²) >= 11 is 6.44. The van der Waals surface area contributed by atoms with Gasteiger partial charge in [0, 0.05) is 17.4 Å². The van der Waals surface area contributed by atoms with Crippen molar-refractivity contribution in [2.45, 2.75) is 19.4 Å². The fourth-order valence-corrected chi connectivity index (χ4v) is 4.35. The number of aryl methyl sites for hydroxylation is 1. The molecule has 1 aliphatic heterocycles. The molecule has 3 aromatic rings. The van der Waals surface area contributed by atoms with Crippen LogP contribution in [-0.2, 0) is 10.0 Å². The number of hydrogen-bond donors (Lipinski definition) is 0. The standard InChI is InChI=1S/C18H16ClN3O3S/c1-11-5-3-6-12-9-13(18(19)20-17(11)12)15-10-14(16-7-4-8-25-16)21-22(15)26(2,23)24/h3-9,15H,10H2,1-2H3/t15-/m0/s1. The zero-order valence-electron chi connectivity index (χ0n) is 14.2. The molecule has 0 saturated heterocycles. The molecular weight excluding hydrogens is 374 g/mol. The van der Waals surface area contributed by atoms with Crippen molar-refractivity contribution < 1.29 is 12.8 Å². The first-order valence-electron chi connectivity index (χ1n) is 8.01. The van der Waals surface area contributed by atoms with Crippen LogP contribution in [0.15, 0.2) is 52.2 Å². The van der Waals surface area contributed by atoms with Crippen LogP contribution in [0.3, 0.4) is 0 Å². The molecule has 4 rings (SSSR count). The minimum atomic E-state index is -3.58. The van der Waals surface area contributed by atoms with Gasteiger partial charge in [-0.1, -0.05) is 29.8 Å². The average molecular weight is 390 g/mol. The van der Waals surface area contributed by atoms with E-state index in [0.29, 0.717) is 23.5 Å². The minimum Gasteiger partial charge on any atom is -0.463 e. The molecule has 0 saturated carbocycles. The van der Waals surface area contributed by atoms with Gasteiger partial charge < -0.3 is 4.42 Å². The maximum absolute atomic E-state index is 12.3. The van der Waals surface area contributed by atoms with E-state index in [2.05, 4.69) is 10.1 Å². The molecule has 8 heteroatoms. The van der Waals surface area contributed by atoms with Gasteiger partial charge in [0.2, 0.25) is 10.0 Å². The first-order valence-corrected chi connectivity index (χ1v) is 10.2. The highest BCUT2D eigenvalue weighted by Crippen LogP contribution is 2.38. The Labute approximate surface area is 156 Å². The predicted molar refractivity (Wildman–Crippen MR) is 101 cm³/mol. The van der Waals surface area contributed by atoms with Crippen molar-refractivity contribution in [3.05, 3.63) is 64.7 Å². The van der Waals surface area contributed by atoms with E-state index in [9.17, 15) is 8.42 Å². The Bertz CT molecular complexity index is 1120. The number of sulfonamides is 1. The topological polar surface area (TPSA) is 75.8 Å². The molecular formula is C18H16ClN3O3S. The summed E-state index contributed by atoms with van der Waals surface area (Å²) in [5.41, 5.74) is 3.00. The van der Waals surface area contributed by atoms with Crippen molar-refractivity contribution in [2.24, 2.45) is 5.10 Å². The Kier molecular flexibility index (Phi) is 4.00. The van der Waals surface area contributed by atoms with E-state index in [0.717, 1.165) is 27.1 Å². The quantitative estimate of drug-likeness (QED) is 0.636. The molecule has 3 heterocycles. The molecule has 0 unspecified atom stereocenters. The van der Waals surface area contributed by atoms with Crippen molar-refractivity contribution in [3.8, 4) is 0 Å². The second-order valence-corrected chi connectivity index (χ2v) is 8.49. The number of pyridine rings is 1. The lowest BCUT2D eigenvalue weighted by Crippen LogP contribution is -2.26. The molecule has 1 aromatic carbocycles. The largest absolute Gasteiger partial charge is 0.463 e. The molecule has 1 aliphatic rings. The maximum Gasteiger partial charge on any atom is 0.247 e. The molecule has 6 nitrogen and oxygen atoms in total. The van der Waals surface area contributed by atoms with Gasteiger partial charge in [-0.05, 0) is 30.7 Å². The van der Waals surface area contributed by atoms with Gasteiger partial charge in [0.25, 0.3) is 0 Å². The third kappa shape index (κ3) is 2.87. The van der Waals surface area contributed by atoms with E-state index in [1.807, 2.05) is 31.2 Å². The van der Waals surface area contributed by atoms with Crippen molar-refractivity contribution >= 4 is 38.2 Å². The van der Waals surface area contributed by atoms with Crippen LogP contribution in [0.4, 0.5) is 0 Å². The van der Waals surface area contributed by atoms with Crippen LogP contribution in [0.25, 0.3) is 10.9 Å². The summed E-state index contributed by atoms with van der Waals surface area (Å²) in [5, 5.41) is 5.47. The number of nitrogens with zero attached hydrogens (tertiary/aromatic N) is 3. The highest BCUT2D eigenvalue weighted by Gasteiger charge is 2.37. The zero-order valence-corrected chi connectivity index (χ0v) is 15.8. The molecule has 0 fully saturated rings. The monoisotopic (exact) mass is 389 g/mol. The Balaban J connectivity index is 1.84. The number of aromatic nitrogens is 1. The van der Waals surface area contributed by atoms with Gasteiger partial charge >= 0.3 is 0 Å². The minimum absolute atomic E-state index is 0.279. The highest BCUT2D eigenvalue weighted by molar-refractivity contribution is 7.88. The Morgan fingerprint density at radius 1 is 1.27 bits per heavy atom. The molecule has 0 aliphatic carbocycles. The van der Waals surface area contributed by atoms with Crippen molar-refractivity contribution in [3.63, 3.8) is 0 Å². The van der Waals surface area contributed by atoms with E-state index in [4.69, 9.17) is 16.0 Å². The number of furan rings is 1. The number of halogens is 1. The van der Waals surface area contributed by atoms with Crippen LogP contribution >= 0.6 is 11.6 Å². The Morgan fingerprint density at radius 3 is 2.77 bits per heavy atom. The van der Waals surface area contributed by atoms with Crippen LogP contribution in [0.5, 0.6) is 0 Å². The lowest BCUT2D eigenvalue weighted by atomic mass is 10.0. The predicted octanol–water partition coefficient (Wildman–Crippen LogP) is 3.90. The van der Waals surface area contributed by atoms with E-state index in [1.165, 1.54) is 6.26 Å². The first-order chi connectivity index (χ1) is 12.3. The van der Waals surface area contributed by atoms with Crippen LogP contribution in [-0.4, -0.2) is 29.8 Å². The van der Waals surface area contributed by atoms with Crippen LogP contribution in [0.1, 0.15) is 29.3 Å². The molecule has 134 valence electrons. The van der Waals surface area contributed by atoms with Gasteiger partial charge in [0.05, 0.1) is 24.1 Å². The second-order valence-electron chi connectivity index (χ2n) is 6.29. The summed E-state index contributed by atoms with van der Waals surface area (Å²) in [4.78, 5) is 4.49. The molecule has 0 amide bonds. The van der Waals surface area contributed by atoms with Gasteiger partial charge in [-0.3, -0.25) is 0 Å². The number of fused-ring (bicyclic) bond motifs is 1. The summed E-state index contributed by atoms with van der Waals surface area (Å²) < 4.78 is 31.0. The number of benzene rings is 1. The van der Waals surface area contributed by atoms with Crippen LogP contribution in [0.2, 0.25) is 5.15 Å². The van der Waals surface area contributed by atoms with Gasteiger partial charge in [-0.2, -0.15) is 9.52 Å². The maximum atomic E-state index is 12.3. The fraction of sp³-hybridized carbons (Fsp3) is 0.222. The van der Waals surface area contributed by atoms with E-state index >= 15 is 0 Å². The summed E-state index contributed by atoms with van der Waals surface area (Å²) in [6.07, 6.45) is 3.02. The summed E-state index contributed by atoms with van der Waals surface area (Å²) in [7, 11) is -3.58. The van der Waals surface area contributed by atoms with Gasteiger partial charge in [-0.25, -0.2) is 13.4 Å². The fourth-order valence-electron chi connectivity index (χ4n) is 3.19. The molecule has 0 spiro atoms. The second kappa shape index (κ2) is 6.10. The van der Waals surface area contributed by atoms with E-state index in [1.54, 1.807) is 12.1 Å². The zero-order chi connectivity index (χ0) is 18.5. The van der Waals surface area contributed by atoms with Gasteiger partial charge in [-0.15, -0.1) is 0 Å². The third-order valence-corrected chi connectivity index (χ3v) is 5.72. The number of hydrogen-bond acceptors (Lipinski definition) is 5. The van der Waals surface area contributed by atoms with E-state index < -0.39 is 16.1 Å². The first kappa shape index (κ1) is 17.1. The average Bonchev–Trinajstić information content (AvgIpc) is 3.24. The summed E-state index contributed by atoms with van der Waals surface area (Å²) in [6, 6.07) is 10.7. The van der Waals surface area contributed by atoms with E-state index in [-0.39, 0.29) is 5.15 Å². The number of rotatable bonds is 3. The summed E-state index contributed by atoms with van der Waals surface area (Å²) in [5.74, 6) is 0.543. The lowest BCUT2D eigenvalue weighted by Gasteiger charge is -2.22. The third-order valence-electron chi connectivity index (χ3n) is 4.41. The lowest BCUT2D eigenvalue weighted by molar-refractivity contribution is 0.374. The number of hydrazone groups is 1. The molecule has 26 heavy (non-hydrogen) atoms. The SMILES string of the molecule is Cc1cccc2cc([C@@H]3CC(c4ccco4)=NN3S(C)(=O)=O)c(Cl)nc12. The van der Waals surface area contributed by atoms with Crippen LogP contribution in [0, 0.1) is 6.92 Å². The molecule has 0 bridgehead atoms. The normalized spacial score (nSPS) is 17.7.